The lowest BCUT2D eigenvalue weighted by Gasteiger charge is -2.09. The van der Waals surface area contributed by atoms with E-state index in [0.717, 1.165) is 16.9 Å². The van der Waals surface area contributed by atoms with Gasteiger partial charge in [-0.2, -0.15) is 0 Å². The molecule has 0 fully saturated rings. The summed E-state index contributed by atoms with van der Waals surface area (Å²) < 4.78 is 5.24. The van der Waals surface area contributed by atoms with Crippen molar-refractivity contribution in [2.24, 2.45) is 0 Å². The second kappa shape index (κ2) is 6.54. The molecule has 0 bridgehead atoms. The number of hydrogen-bond donors (Lipinski definition) is 1. The van der Waals surface area contributed by atoms with Gasteiger partial charge in [0.15, 0.2) is 0 Å². The van der Waals surface area contributed by atoms with Crippen molar-refractivity contribution in [3.05, 3.63) is 59.9 Å². The molecule has 0 saturated carbocycles. The Hall–Kier alpha value is -2.36. The first-order valence-electron chi connectivity index (χ1n) is 6.07. The highest BCUT2D eigenvalue weighted by Gasteiger charge is 2.05. The number of rotatable bonds is 5. The summed E-state index contributed by atoms with van der Waals surface area (Å²) in [6, 6.07) is 11.3. The first-order valence-corrected chi connectivity index (χ1v) is 6.07. The van der Waals surface area contributed by atoms with Crippen LogP contribution in [0, 0.1) is 0 Å². The van der Waals surface area contributed by atoms with E-state index < -0.39 is 0 Å². The van der Waals surface area contributed by atoms with E-state index in [1.807, 2.05) is 36.4 Å². The van der Waals surface area contributed by atoms with Gasteiger partial charge >= 0.3 is 0 Å². The first-order chi connectivity index (χ1) is 9.29. The number of carbonyl (C=O) groups excluding carboxylic acids is 1. The lowest BCUT2D eigenvalue weighted by atomic mass is 10.1. The van der Waals surface area contributed by atoms with Crippen molar-refractivity contribution in [3.63, 3.8) is 0 Å². The fraction of sp³-hybridized carbons (Fsp3) is 0.200. The zero-order chi connectivity index (χ0) is 13.5. The third-order valence-electron chi connectivity index (χ3n) is 2.78. The van der Waals surface area contributed by atoms with Crippen LogP contribution in [0.3, 0.4) is 0 Å². The minimum Gasteiger partial charge on any atom is -0.496 e. The largest absolute Gasteiger partial charge is 0.496 e. The zero-order valence-electron chi connectivity index (χ0n) is 10.8. The van der Waals surface area contributed by atoms with E-state index in [9.17, 15) is 4.79 Å². The van der Waals surface area contributed by atoms with Crippen LogP contribution in [0.15, 0.2) is 48.8 Å². The maximum absolute atomic E-state index is 11.8. The summed E-state index contributed by atoms with van der Waals surface area (Å²) >= 11 is 0. The summed E-state index contributed by atoms with van der Waals surface area (Å²) in [7, 11) is 1.62. The van der Waals surface area contributed by atoms with Crippen molar-refractivity contribution >= 4 is 5.91 Å². The van der Waals surface area contributed by atoms with Gasteiger partial charge in [0.2, 0.25) is 5.91 Å². The van der Waals surface area contributed by atoms with Gasteiger partial charge in [0.1, 0.15) is 5.75 Å². The Labute approximate surface area is 112 Å². The number of benzene rings is 1. The summed E-state index contributed by atoms with van der Waals surface area (Å²) in [5.41, 5.74) is 1.92. The van der Waals surface area contributed by atoms with Crippen LogP contribution in [0.5, 0.6) is 5.75 Å². The Kier molecular flexibility index (Phi) is 4.50. The minimum atomic E-state index is -0.0166. The van der Waals surface area contributed by atoms with Crippen molar-refractivity contribution in [2.75, 3.05) is 7.11 Å². The van der Waals surface area contributed by atoms with Gasteiger partial charge in [-0.1, -0.05) is 18.2 Å². The molecule has 0 spiro atoms. The van der Waals surface area contributed by atoms with E-state index in [4.69, 9.17) is 4.74 Å². The van der Waals surface area contributed by atoms with E-state index in [-0.39, 0.29) is 5.91 Å². The molecule has 4 heteroatoms. The Morgan fingerprint density at radius 2 is 1.95 bits per heavy atom. The molecule has 1 aromatic carbocycles. The van der Waals surface area contributed by atoms with Crippen LogP contribution < -0.4 is 10.1 Å². The van der Waals surface area contributed by atoms with Crippen LogP contribution in [0.1, 0.15) is 11.1 Å². The molecule has 2 aromatic rings. The van der Waals surface area contributed by atoms with Gasteiger partial charge in [-0.3, -0.25) is 9.78 Å². The second-order valence-corrected chi connectivity index (χ2v) is 4.12. The maximum atomic E-state index is 11.8. The number of aromatic nitrogens is 1. The van der Waals surface area contributed by atoms with Gasteiger partial charge in [0.25, 0.3) is 0 Å². The highest BCUT2D eigenvalue weighted by molar-refractivity contribution is 5.78. The van der Waals surface area contributed by atoms with E-state index >= 15 is 0 Å². The second-order valence-electron chi connectivity index (χ2n) is 4.12. The van der Waals surface area contributed by atoms with Crippen LogP contribution in [-0.2, 0) is 17.8 Å². The third-order valence-corrected chi connectivity index (χ3v) is 2.78. The van der Waals surface area contributed by atoms with Crippen LogP contribution in [0.2, 0.25) is 0 Å². The Bertz CT molecular complexity index is 541. The number of methoxy groups -OCH3 is 1. The molecule has 0 aliphatic carbocycles. The van der Waals surface area contributed by atoms with Crippen LogP contribution in [0.25, 0.3) is 0 Å². The van der Waals surface area contributed by atoms with Crippen molar-refractivity contribution < 1.29 is 9.53 Å². The number of carbonyl (C=O) groups is 1. The molecule has 0 saturated heterocycles. The van der Waals surface area contributed by atoms with Gasteiger partial charge in [-0.25, -0.2) is 0 Å². The van der Waals surface area contributed by atoms with E-state index in [0.29, 0.717) is 13.0 Å². The molecular weight excluding hydrogens is 240 g/mol. The van der Waals surface area contributed by atoms with Gasteiger partial charge in [-0.05, 0) is 23.8 Å². The van der Waals surface area contributed by atoms with Crippen molar-refractivity contribution in [3.8, 4) is 5.75 Å². The molecule has 4 nitrogen and oxygen atoms in total. The Morgan fingerprint density at radius 1 is 1.21 bits per heavy atom. The summed E-state index contributed by atoms with van der Waals surface area (Å²) in [6.07, 6.45) is 3.73. The van der Waals surface area contributed by atoms with Gasteiger partial charge in [-0.15, -0.1) is 0 Å². The molecular formula is C15H16N2O2. The minimum absolute atomic E-state index is 0.0166. The number of amides is 1. The number of para-hydroxylation sites is 1. The molecule has 1 aromatic heterocycles. The smallest absolute Gasteiger partial charge is 0.224 e. The predicted octanol–water partition coefficient (Wildman–Crippen LogP) is 1.95. The monoisotopic (exact) mass is 256 g/mol. The molecule has 2 rings (SSSR count). The number of hydrogen-bond acceptors (Lipinski definition) is 3. The van der Waals surface area contributed by atoms with Crippen LogP contribution >= 0.6 is 0 Å². The Balaban J connectivity index is 1.90. The topological polar surface area (TPSA) is 51.2 Å². The van der Waals surface area contributed by atoms with Crippen molar-refractivity contribution in [1.29, 1.82) is 0 Å². The predicted molar refractivity (Wildman–Crippen MR) is 72.8 cm³/mol. The fourth-order valence-corrected chi connectivity index (χ4v) is 1.79. The molecule has 0 radical (unpaired) electrons. The number of nitrogens with one attached hydrogen (secondary N) is 1. The summed E-state index contributed by atoms with van der Waals surface area (Å²) in [4.78, 5) is 15.7. The molecule has 98 valence electrons. The van der Waals surface area contributed by atoms with Gasteiger partial charge in [0.05, 0.1) is 13.5 Å². The molecule has 0 unspecified atom stereocenters. The highest BCUT2D eigenvalue weighted by Crippen LogP contribution is 2.16. The molecule has 0 atom stereocenters. The standard InChI is InChI=1S/C15H16N2O2/c1-19-14-5-3-2-4-13(14)11-17-15(18)10-12-6-8-16-9-7-12/h2-9H,10-11H2,1H3,(H,17,18). The quantitative estimate of drug-likeness (QED) is 0.889. The van der Waals surface area contributed by atoms with Gasteiger partial charge < -0.3 is 10.1 Å². The summed E-state index contributed by atoms with van der Waals surface area (Å²) in [6.45, 7) is 0.466. The van der Waals surface area contributed by atoms with Crippen molar-refractivity contribution in [1.82, 2.24) is 10.3 Å². The maximum Gasteiger partial charge on any atom is 0.224 e. The first kappa shape index (κ1) is 13.1. The molecule has 1 amide bonds. The van der Waals surface area contributed by atoms with Gasteiger partial charge in [0, 0.05) is 24.5 Å². The average Bonchev–Trinajstić information content (AvgIpc) is 2.46. The zero-order valence-corrected chi connectivity index (χ0v) is 10.8. The lowest BCUT2D eigenvalue weighted by molar-refractivity contribution is -0.120. The number of nitrogens with zero attached hydrogens (tertiary/aromatic N) is 1. The lowest BCUT2D eigenvalue weighted by Crippen LogP contribution is -2.24. The van der Waals surface area contributed by atoms with Crippen LogP contribution in [0.4, 0.5) is 0 Å². The van der Waals surface area contributed by atoms with Crippen molar-refractivity contribution in [2.45, 2.75) is 13.0 Å². The normalized spacial score (nSPS) is 9.95. The summed E-state index contributed by atoms with van der Waals surface area (Å²) in [5, 5.41) is 2.88. The fourth-order valence-electron chi connectivity index (χ4n) is 1.79. The molecule has 1 N–H and O–H groups in total. The summed E-state index contributed by atoms with van der Waals surface area (Å²) in [5.74, 6) is 0.767. The van der Waals surface area contributed by atoms with E-state index in [1.54, 1.807) is 19.5 Å². The molecule has 1 heterocycles. The number of ether oxygens (including phenoxy) is 1. The third kappa shape index (κ3) is 3.81. The molecule has 19 heavy (non-hydrogen) atoms. The molecule has 0 aliphatic rings. The SMILES string of the molecule is COc1ccccc1CNC(=O)Cc1ccncc1. The highest BCUT2D eigenvalue weighted by atomic mass is 16.5. The van der Waals surface area contributed by atoms with E-state index in [2.05, 4.69) is 10.3 Å². The van der Waals surface area contributed by atoms with E-state index in [1.165, 1.54) is 0 Å². The van der Waals surface area contributed by atoms with Crippen LogP contribution in [-0.4, -0.2) is 18.0 Å². The Morgan fingerprint density at radius 3 is 2.68 bits per heavy atom. The molecule has 0 aliphatic heterocycles. The average molecular weight is 256 g/mol. The number of pyridine rings is 1.